The maximum atomic E-state index is 13.3. The minimum absolute atomic E-state index is 0.135. The van der Waals surface area contributed by atoms with Gasteiger partial charge in [-0.2, -0.15) is 5.10 Å². The number of carbonyl (C=O) groups is 1. The van der Waals surface area contributed by atoms with E-state index in [2.05, 4.69) is 5.10 Å². The topological polar surface area (TPSA) is 71.4 Å². The fourth-order valence-electron chi connectivity index (χ4n) is 3.61. The van der Waals surface area contributed by atoms with E-state index in [0.717, 1.165) is 5.56 Å². The van der Waals surface area contributed by atoms with Gasteiger partial charge in [0, 0.05) is 17.5 Å². The number of aromatic hydroxyl groups is 1. The molecule has 0 unspecified atom stereocenters. The fraction of sp³-hybridized carbons (Fsp3) is 0.167. The predicted octanol–water partition coefficient (Wildman–Crippen LogP) is 4.40. The van der Waals surface area contributed by atoms with E-state index in [1.165, 1.54) is 5.01 Å². The van der Waals surface area contributed by atoms with E-state index in [1.54, 1.807) is 44.6 Å². The van der Waals surface area contributed by atoms with Crippen LogP contribution in [-0.2, 0) is 0 Å². The van der Waals surface area contributed by atoms with Crippen LogP contribution in [0.15, 0.2) is 77.9 Å². The molecular weight excluding hydrogens is 380 g/mol. The fourth-order valence-corrected chi connectivity index (χ4v) is 3.61. The molecule has 0 spiro atoms. The van der Waals surface area contributed by atoms with E-state index in [9.17, 15) is 9.90 Å². The number of benzene rings is 3. The maximum absolute atomic E-state index is 13.3. The van der Waals surface area contributed by atoms with Gasteiger partial charge in [-0.1, -0.05) is 36.4 Å². The average molecular weight is 402 g/mol. The molecule has 1 aliphatic heterocycles. The molecule has 0 saturated heterocycles. The highest BCUT2D eigenvalue weighted by atomic mass is 16.5. The molecule has 0 bridgehead atoms. The van der Waals surface area contributed by atoms with Crippen LogP contribution in [-0.4, -0.2) is 36.0 Å². The van der Waals surface area contributed by atoms with E-state index < -0.39 is 0 Å². The summed E-state index contributed by atoms with van der Waals surface area (Å²) in [6.45, 7) is 0. The van der Waals surface area contributed by atoms with Gasteiger partial charge < -0.3 is 14.6 Å². The molecular formula is C24H22N2O4. The molecule has 1 N–H and O–H groups in total. The molecule has 6 heteroatoms. The minimum Gasteiger partial charge on any atom is -0.507 e. The number of phenolic OH excluding ortho intramolecular Hbond substituents is 1. The lowest BCUT2D eigenvalue weighted by Gasteiger charge is -2.23. The molecule has 6 nitrogen and oxygen atoms in total. The lowest BCUT2D eigenvalue weighted by atomic mass is 9.97. The second-order valence-corrected chi connectivity index (χ2v) is 6.91. The number of hydrogen-bond acceptors (Lipinski definition) is 5. The van der Waals surface area contributed by atoms with Gasteiger partial charge in [0.1, 0.15) is 5.75 Å². The first-order valence-electron chi connectivity index (χ1n) is 9.58. The summed E-state index contributed by atoms with van der Waals surface area (Å²) < 4.78 is 10.8. The molecule has 30 heavy (non-hydrogen) atoms. The highest BCUT2D eigenvalue weighted by Crippen LogP contribution is 2.38. The molecule has 1 aliphatic rings. The monoisotopic (exact) mass is 402 g/mol. The van der Waals surface area contributed by atoms with Crippen LogP contribution in [0.3, 0.4) is 0 Å². The molecule has 3 aromatic carbocycles. The number of methoxy groups -OCH3 is 2. The van der Waals surface area contributed by atoms with Gasteiger partial charge in [0.25, 0.3) is 5.91 Å². The Labute approximate surface area is 175 Å². The number of hydrazone groups is 1. The van der Waals surface area contributed by atoms with Crippen molar-refractivity contribution in [2.24, 2.45) is 5.10 Å². The molecule has 0 saturated carbocycles. The number of ether oxygens (including phenoxy) is 2. The lowest BCUT2D eigenvalue weighted by Crippen LogP contribution is -2.27. The molecule has 4 rings (SSSR count). The molecule has 1 amide bonds. The van der Waals surface area contributed by atoms with Crippen molar-refractivity contribution < 1.29 is 19.4 Å². The molecule has 0 radical (unpaired) electrons. The second-order valence-electron chi connectivity index (χ2n) is 6.91. The van der Waals surface area contributed by atoms with Crippen LogP contribution in [0.25, 0.3) is 0 Å². The summed E-state index contributed by atoms with van der Waals surface area (Å²) in [7, 11) is 3.16. The standard InChI is InChI=1S/C24H22N2O4/c1-29-22-13-12-17(14-23(22)30-2)20-15-19(18-10-6-7-11-21(18)27)25-26(20)24(28)16-8-4-3-5-9-16/h3-14,20,27H,15H2,1-2H3/t20-/m0/s1. The van der Waals surface area contributed by atoms with Crippen LogP contribution in [0.2, 0.25) is 0 Å². The van der Waals surface area contributed by atoms with Crippen molar-refractivity contribution in [2.75, 3.05) is 14.2 Å². The van der Waals surface area contributed by atoms with E-state index in [4.69, 9.17) is 9.47 Å². The number of amides is 1. The van der Waals surface area contributed by atoms with Gasteiger partial charge in [-0.15, -0.1) is 0 Å². The number of phenols is 1. The van der Waals surface area contributed by atoms with Gasteiger partial charge in [0.15, 0.2) is 11.5 Å². The Hall–Kier alpha value is -3.80. The number of carbonyl (C=O) groups excluding carboxylic acids is 1. The van der Waals surface area contributed by atoms with Crippen LogP contribution in [0, 0.1) is 0 Å². The third-order valence-corrected chi connectivity index (χ3v) is 5.15. The molecule has 0 aliphatic carbocycles. The zero-order chi connectivity index (χ0) is 21.1. The van der Waals surface area contributed by atoms with Gasteiger partial charge in [-0.05, 0) is 42.0 Å². The zero-order valence-electron chi connectivity index (χ0n) is 16.8. The number of para-hydroxylation sites is 1. The van der Waals surface area contributed by atoms with E-state index >= 15 is 0 Å². The average Bonchev–Trinajstić information content (AvgIpc) is 3.24. The van der Waals surface area contributed by atoms with Gasteiger partial charge in [-0.25, -0.2) is 5.01 Å². The Balaban J connectivity index is 1.77. The summed E-state index contributed by atoms with van der Waals surface area (Å²) in [6, 6.07) is 21.3. The highest BCUT2D eigenvalue weighted by molar-refractivity contribution is 6.06. The summed E-state index contributed by atoms with van der Waals surface area (Å²) in [5.41, 5.74) is 2.68. The summed E-state index contributed by atoms with van der Waals surface area (Å²) >= 11 is 0. The molecule has 152 valence electrons. The normalized spacial score (nSPS) is 15.6. The summed E-state index contributed by atoms with van der Waals surface area (Å²) in [5, 5.41) is 16.4. The quantitative estimate of drug-likeness (QED) is 0.687. The molecule has 1 atom stereocenters. The third-order valence-electron chi connectivity index (χ3n) is 5.15. The second kappa shape index (κ2) is 8.29. The number of hydrogen-bond donors (Lipinski definition) is 1. The van der Waals surface area contributed by atoms with Crippen LogP contribution in [0.1, 0.15) is 33.9 Å². The Bertz CT molecular complexity index is 1100. The number of rotatable bonds is 5. The van der Waals surface area contributed by atoms with Crippen molar-refractivity contribution in [1.82, 2.24) is 5.01 Å². The first-order valence-corrected chi connectivity index (χ1v) is 9.58. The maximum Gasteiger partial charge on any atom is 0.274 e. The molecule has 0 aromatic heterocycles. The molecule has 1 heterocycles. The SMILES string of the molecule is COc1ccc([C@@H]2CC(c3ccccc3O)=NN2C(=O)c2ccccc2)cc1OC. The Kier molecular flexibility index (Phi) is 5.39. The van der Waals surface area contributed by atoms with E-state index in [0.29, 0.717) is 34.8 Å². The minimum atomic E-state index is -0.341. The summed E-state index contributed by atoms with van der Waals surface area (Å²) in [6.07, 6.45) is 0.464. The first kappa shape index (κ1) is 19.5. The first-order chi connectivity index (χ1) is 14.6. The van der Waals surface area contributed by atoms with Crippen molar-refractivity contribution in [3.63, 3.8) is 0 Å². The van der Waals surface area contributed by atoms with Gasteiger partial charge in [0.05, 0.1) is 26.0 Å². The third kappa shape index (κ3) is 3.59. The van der Waals surface area contributed by atoms with Crippen molar-refractivity contribution in [3.8, 4) is 17.2 Å². The van der Waals surface area contributed by atoms with Crippen LogP contribution >= 0.6 is 0 Å². The Morgan fingerprint density at radius 1 is 0.967 bits per heavy atom. The van der Waals surface area contributed by atoms with Gasteiger partial charge in [0.2, 0.25) is 0 Å². The van der Waals surface area contributed by atoms with Crippen molar-refractivity contribution >= 4 is 11.6 Å². The van der Waals surface area contributed by atoms with Crippen molar-refractivity contribution in [3.05, 3.63) is 89.5 Å². The zero-order valence-corrected chi connectivity index (χ0v) is 16.8. The Morgan fingerprint density at radius 2 is 1.67 bits per heavy atom. The molecule has 3 aromatic rings. The molecule has 0 fully saturated rings. The van der Waals surface area contributed by atoms with Crippen LogP contribution < -0.4 is 9.47 Å². The smallest absolute Gasteiger partial charge is 0.274 e. The lowest BCUT2D eigenvalue weighted by molar-refractivity contribution is 0.0711. The van der Waals surface area contributed by atoms with Crippen LogP contribution in [0.4, 0.5) is 0 Å². The summed E-state index contributed by atoms with van der Waals surface area (Å²) in [5.74, 6) is 1.12. The predicted molar refractivity (Wildman–Crippen MR) is 114 cm³/mol. The van der Waals surface area contributed by atoms with Gasteiger partial charge in [-0.3, -0.25) is 4.79 Å². The van der Waals surface area contributed by atoms with Crippen LogP contribution in [0.5, 0.6) is 17.2 Å². The Morgan fingerprint density at radius 3 is 2.37 bits per heavy atom. The summed E-state index contributed by atoms with van der Waals surface area (Å²) in [4.78, 5) is 13.3. The van der Waals surface area contributed by atoms with Crippen molar-refractivity contribution in [2.45, 2.75) is 12.5 Å². The van der Waals surface area contributed by atoms with Gasteiger partial charge >= 0.3 is 0 Å². The van der Waals surface area contributed by atoms with E-state index in [1.807, 2.05) is 42.5 Å². The van der Waals surface area contributed by atoms with E-state index in [-0.39, 0.29) is 17.7 Å². The highest BCUT2D eigenvalue weighted by Gasteiger charge is 2.34. The number of nitrogens with zero attached hydrogens (tertiary/aromatic N) is 2. The largest absolute Gasteiger partial charge is 0.507 e. The van der Waals surface area contributed by atoms with Crippen molar-refractivity contribution in [1.29, 1.82) is 0 Å².